The van der Waals surface area contributed by atoms with E-state index in [-0.39, 0.29) is 18.9 Å². The lowest BCUT2D eigenvalue weighted by Crippen LogP contribution is -2.41. The predicted molar refractivity (Wildman–Crippen MR) is 94.8 cm³/mol. The highest BCUT2D eigenvalue weighted by atomic mass is 79.9. The monoisotopic (exact) mass is 387 g/mol. The summed E-state index contributed by atoms with van der Waals surface area (Å²) in [6.45, 7) is 2.68. The van der Waals surface area contributed by atoms with E-state index < -0.39 is 11.9 Å². The molecular formula is C19H18BrNO3. The van der Waals surface area contributed by atoms with Gasteiger partial charge in [-0.05, 0) is 35.2 Å². The number of rotatable bonds is 3. The van der Waals surface area contributed by atoms with Crippen molar-refractivity contribution >= 4 is 27.8 Å². The summed E-state index contributed by atoms with van der Waals surface area (Å²) in [6, 6.07) is 13.3. The Labute approximate surface area is 149 Å². The Morgan fingerprint density at radius 2 is 2.00 bits per heavy atom. The van der Waals surface area contributed by atoms with Gasteiger partial charge in [-0.25, -0.2) is 0 Å². The van der Waals surface area contributed by atoms with E-state index in [9.17, 15) is 14.7 Å². The third-order valence-corrected chi connectivity index (χ3v) is 5.29. The molecule has 5 heteroatoms. The van der Waals surface area contributed by atoms with Crippen molar-refractivity contribution in [2.75, 3.05) is 6.54 Å². The van der Waals surface area contributed by atoms with Gasteiger partial charge in [0.2, 0.25) is 5.91 Å². The number of benzene rings is 2. The van der Waals surface area contributed by atoms with E-state index in [1.807, 2.05) is 49.4 Å². The molecule has 1 aliphatic heterocycles. The Morgan fingerprint density at radius 1 is 1.25 bits per heavy atom. The van der Waals surface area contributed by atoms with Crippen LogP contribution < -0.4 is 0 Å². The van der Waals surface area contributed by atoms with Gasteiger partial charge in [-0.15, -0.1) is 0 Å². The molecule has 0 aliphatic carbocycles. The number of aryl methyl sites for hydroxylation is 1. The molecular weight excluding hydrogens is 370 g/mol. The third-order valence-electron chi connectivity index (χ3n) is 4.44. The summed E-state index contributed by atoms with van der Waals surface area (Å²) in [4.78, 5) is 25.9. The number of amides is 1. The van der Waals surface area contributed by atoms with E-state index >= 15 is 0 Å². The van der Waals surface area contributed by atoms with Crippen molar-refractivity contribution in [2.45, 2.75) is 25.8 Å². The molecule has 2 aromatic carbocycles. The number of carbonyl (C=O) groups excluding carboxylic acids is 1. The molecule has 0 radical (unpaired) electrons. The second-order valence-corrected chi connectivity index (χ2v) is 6.98. The molecule has 0 saturated carbocycles. The van der Waals surface area contributed by atoms with Crippen molar-refractivity contribution in [3.05, 3.63) is 69.2 Å². The summed E-state index contributed by atoms with van der Waals surface area (Å²) in [5.74, 6) is -1.60. The predicted octanol–water partition coefficient (Wildman–Crippen LogP) is 3.51. The van der Waals surface area contributed by atoms with Crippen molar-refractivity contribution in [3.8, 4) is 0 Å². The van der Waals surface area contributed by atoms with Gasteiger partial charge in [-0.2, -0.15) is 0 Å². The van der Waals surface area contributed by atoms with Crippen molar-refractivity contribution < 1.29 is 14.7 Å². The molecule has 0 fully saturated rings. The summed E-state index contributed by atoms with van der Waals surface area (Å²) < 4.78 is 0.972. The number of fused-ring (bicyclic) bond motifs is 1. The molecule has 1 amide bonds. The maximum absolute atomic E-state index is 12.7. The fourth-order valence-corrected chi connectivity index (χ4v) is 3.47. The van der Waals surface area contributed by atoms with Crippen molar-refractivity contribution in [1.82, 2.24) is 4.90 Å². The second kappa shape index (κ2) is 6.77. The maximum atomic E-state index is 12.7. The molecule has 1 unspecified atom stereocenters. The van der Waals surface area contributed by atoms with Gasteiger partial charge >= 0.3 is 5.97 Å². The maximum Gasteiger partial charge on any atom is 0.312 e. The van der Waals surface area contributed by atoms with Gasteiger partial charge in [0.05, 0.1) is 12.3 Å². The van der Waals surface area contributed by atoms with Crippen LogP contribution in [-0.2, 0) is 22.6 Å². The van der Waals surface area contributed by atoms with Crippen LogP contribution in [0.1, 0.15) is 28.2 Å². The molecule has 0 saturated heterocycles. The Kier molecular flexibility index (Phi) is 4.71. The number of carbonyl (C=O) groups is 2. The molecule has 1 atom stereocenters. The molecule has 1 aliphatic rings. The molecule has 3 rings (SSSR count). The summed E-state index contributed by atoms with van der Waals surface area (Å²) >= 11 is 3.48. The summed E-state index contributed by atoms with van der Waals surface area (Å²) in [5, 5.41) is 9.50. The minimum atomic E-state index is -0.891. The molecule has 0 aromatic heterocycles. The molecule has 1 heterocycles. The first-order chi connectivity index (χ1) is 11.5. The van der Waals surface area contributed by atoms with Gasteiger partial charge in [0, 0.05) is 17.6 Å². The number of carboxylic acids is 1. The van der Waals surface area contributed by atoms with Gasteiger partial charge in [0.15, 0.2) is 0 Å². The van der Waals surface area contributed by atoms with Crippen LogP contribution in [0, 0.1) is 6.92 Å². The highest BCUT2D eigenvalue weighted by Gasteiger charge is 2.32. The number of nitrogens with zero attached hydrogens (tertiary/aromatic N) is 1. The van der Waals surface area contributed by atoms with E-state index in [4.69, 9.17) is 0 Å². The first-order valence-electron chi connectivity index (χ1n) is 7.79. The number of halogens is 1. The van der Waals surface area contributed by atoms with E-state index in [1.54, 1.807) is 4.90 Å². The Hall–Kier alpha value is -2.14. The van der Waals surface area contributed by atoms with Gasteiger partial charge in [0.1, 0.15) is 0 Å². The summed E-state index contributed by atoms with van der Waals surface area (Å²) in [6.07, 6.45) is 0.271. The average molecular weight is 388 g/mol. The number of hydrogen-bond donors (Lipinski definition) is 1. The number of carboxylic acid groups (broad SMARTS) is 1. The summed E-state index contributed by atoms with van der Waals surface area (Å²) in [7, 11) is 0. The zero-order valence-corrected chi connectivity index (χ0v) is 14.9. The lowest BCUT2D eigenvalue weighted by molar-refractivity contribution is -0.141. The highest BCUT2D eigenvalue weighted by Crippen LogP contribution is 2.29. The van der Waals surface area contributed by atoms with E-state index in [0.29, 0.717) is 6.54 Å². The van der Waals surface area contributed by atoms with Crippen LogP contribution in [0.25, 0.3) is 0 Å². The Morgan fingerprint density at radius 3 is 2.71 bits per heavy atom. The fourth-order valence-electron chi connectivity index (χ4n) is 3.04. The molecule has 0 bridgehead atoms. The highest BCUT2D eigenvalue weighted by molar-refractivity contribution is 9.10. The molecule has 1 N–H and O–H groups in total. The van der Waals surface area contributed by atoms with Crippen LogP contribution in [-0.4, -0.2) is 28.4 Å². The van der Waals surface area contributed by atoms with E-state index in [2.05, 4.69) is 15.9 Å². The van der Waals surface area contributed by atoms with E-state index in [0.717, 1.165) is 26.7 Å². The average Bonchev–Trinajstić information content (AvgIpc) is 2.57. The first-order valence-corrected chi connectivity index (χ1v) is 8.58. The van der Waals surface area contributed by atoms with Crippen LogP contribution in [0.4, 0.5) is 0 Å². The van der Waals surface area contributed by atoms with Crippen molar-refractivity contribution in [3.63, 3.8) is 0 Å². The minimum absolute atomic E-state index is 0.0495. The van der Waals surface area contributed by atoms with Gasteiger partial charge in [-0.1, -0.05) is 52.3 Å². The van der Waals surface area contributed by atoms with Crippen LogP contribution >= 0.6 is 15.9 Å². The molecule has 124 valence electrons. The van der Waals surface area contributed by atoms with E-state index in [1.165, 1.54) is 0 Å². The molecule has 4 nitrogen and oxygen atoms in total. The number of hydrogen-bond acceptors (Lipinski definition) is 2. The zero-order valence-electron chi connectivity index (χ0n) is 13.3. The molecule has 0 spiro atoms. The van der Waals surface area contributed by atoms with Crippen molar-refractivity contribution in [1.29, 1.82) is 0 Å². The fraction of sp³-hybridized carbons (Fsp3) is 0.263. The van der Waals surface area contributed by atoms with Gasteiger partial charge < -0.3 is 10.0 Å². The van der Waals surface area contributed by atoms with Crippen LogP contribution in [0.3, 0.4) is 0 Å². The zero-order chi connectivity index (χ0) is 17.3. The normalized spacial score (nSPS) is 16.6. The smallest absolute Gasteiger partial charge is 0.312 e. The topological polar surface area (TPSA) is 57.6 Å². The third kappa shape index (κ3) is 3.36. The van der Waals surface area contributed by atoms with Crippen LogP contribution in [0.5, 0.6) is 0 Å². The molecule has 2 aromatic rings. The second-order valence-electron chi connectivity index (χ2n) is 6.12. The Balaban J connectivity index is 1.81. The standard InChI is InChI=1S/C19H18BrNO3/c1-12-6-7-13(8-17(12)20)9-18(22)21-10-14-4-2-3-5-15(14)16(11-21)19(23)24/h2-8,16H,9-11H2,1H3,(H,23,24). The molecule has 24 heavy (non-hydrogen) atoms. The Bertz CT molecular complexity index is 803. The lowest BCUT2D eigenvalue weighted by Gasteiger charge is -2.33. The van der Waals surface area contributed by atoms with Gasteiger partial charge in [-0.3, -0.25) is 9.59 Å². The van der Waals surface area contributed by atoms with Gasteiger partial charge in [0.25, 0.3) is 0 Å². The van der Waals surface area contributed by atoms with Crippen LogP contribution in [0.2, 0.25) is 0 Å². The minimum Gasteiger partial charge on any atom is -0.481 e. The lowest BCUT2D eigenvalue weighted by atomic mass is 9.89. The van der Waals surface area contributed by atoms with Crippen LogP contribution in [0.15, 0.2) is 46.9 Å². The largest absolute Gasteiger partial charge is 0.481 e. The SMILES string of the molecule is Cc1ccc(CC(=O)N2Cc3ccccc3C(C(=O)O)C2)cc1Br. The quantitative estimate of drug-likeness (QED) is 0.876. The summed E-state index contributed by atoms with van der Waals surface area (Å²) in [5.41, 5.74) is 3.76. The first kappa shape index (κ1) is 16.7. The van der Waals surface area contributed by atoms with Crippen molar-refractivity contribution in [2.24, 2.45) is 0 Å². The number of aliphatic carboxylic acids is 1.